The predicted octanol–water partition coefficient (Wildman–Crippen LogP) is 2.87. The number of fused-ring (bicyclic) bond motifs is 1. The first-order valence-electron chi connectivity index (χ1n) is 8.74. The van der Waals surface area contributed by atoms with Crippen molar-refractivity contribution in [1.82, 2.24) is 5.32 Å². The third-order valence-corrected chi connectivity index (χ3v) is 5.22. The molecular weight excluding hydrogens is 290 g/mol. The molecule has 1 amide bonds. The van der Waals surface area contributed by atoms with Crippen LogP contribution in [0.2, 0.25) is 0 Å². The smallest absolute Gasteiger partial charge is 0.306 e. The van der Waals surface area contributed by atoms with E-state index in [1.165, 1.54) is 24.0 Å². The number of carbonyl (C=O) groups excluding carboxylic acids is 1. The number of hydrogen-bond donors (Lipinski definition) is 2. The quantitative estimate of drug-likeness (QED) is 0.898. The number of nitrogens with one attached hydrogen (secondary N) is 1. The topological polar surface area (TPSA) is 66.4 Å². The zero-order chi connectivity index (χ0) is 16.2. The molecule has 4 nitrogen and oxygen atoms in total. The maximum Gasteiger partial charge on any atom is 0.306 e. The second-order valence-corrected chi connectivity index (χ2v) is 6.94. The number of carboxylic acid groups (broad SMARTS) is 1. The number of carbonyl (C=O) groups is 2. The normalized spacial score (nSPS) is 23.8. The maximum absolute atomic E-state index is 12.2. The van der Waals surface area contributed by atoms with Crippen molar-refractivity contribution in [2.24, 2.45) is 5.92 Å². The van der Waals surface area contributed by atoms with Gasteiger partial charge in [-0.1, -0.05) is 18.2 Å². The molecule has 1 saturated carbocycles. The van der Waals surface area contributed by atoms with Crippen molar-refractivity contribution in [3.05, 3.63) is 34.9 Å². The van der Waals surface area contributed by atoms with Gasteiger partial charge in [0.15, 0.2) is 0 Å². The lowest BCUT2D eigenvalue weighted by atomic mass is 9.86. The van der Waals surface area contributed by atoms with Gasteiger partial charge in [0.2, 0.25) is 5.91 Å². The average molecular weight is 315 g/mol. The number of hydrogen-bond acceptors (Lipinski definition) is 2. The monoisotopic (exact) mass is 315 g/mol. The van der Waals surface area contributed by atoms with Crippen molar-refractivity contribution in [3.63, 3.8) is 0 Å². The number of aryl methyl sites for hydroxylation is 2. The van der Waals surface area contributed by atoms with Crippen LogP contribution in [0, 0.1) is 5.92 Å². The van der Waals surface area contributed by atoms with E-state index in [0.717, 1.165) is 31.2 Å². The van der Waals surface area contributed by atoms with Crippen molar-refractivity contribution in [1.29, 1.82) is 0 Å². The fourth-order valence-electron chi connectivity index (χ4n) is 3.85. The molecule has 0 bridgehead atoms. The molecule has 2 aliphatic rings. The van der Waals surface area contributed by atoms with E-state index in [-0.39, 0.29) is 17.9 Å². The molecule has 0 radical (unpaired) electrons. The van der Waals surface area contributed by atoms with Gasteiger partial charge in [-0.25, -0.2) is 0 Å². The van der Waals surface area contributed by atoms with Gasteiger partial charge in [0, 0.05) is 6.04 Å². The van der Waals surface area contributed by atoms with E-state index in [9.17, 15) is 9.59 Å². The summed E-state index contributed by atoms with van der Waals surface area (Å²) >= 11 is 0. The highest BCUT2D eigenvalue weighted by molar-refractivity contribution is 5.79. The van der Waals surface area contributed by atoms with Crippen LogP contribution in [0.5, 0.6) is 0 Å². The van der Waals surface area contributed by atoms with Gasteiger partial charge in [-0.3, -0.25) is 9.59 Å². The minimum Gasteiger partial charge on any atom is -0.481 e. The first-order chi connectivity index (χ1) is 11.1. The summed E-state index contributed by atoms with van der Waals surface area (Å²) in [5, 5.41) is 12.1. The number of benzene rings is 1. The summed E-state index contributed by atoms with van der Waals surface area (Å²) in [7, 11) is 0. The molecule has 124 valence electrons. The Morgan fingerprint density at radius 2 is 1.74 bits per heavy atom. The van der Waals surface area contributed by atoms with Gasteiger partial charge >= 0.3 is 5.97 Å². The van der Waals surface area contributed by atoms with Gasteiger partial charge in [-0.15, -0.1) is 0 Å². The summed E-state index contributed by atoms with van der Waals surface area (Å²) < 4.78 is 0. The van der Waals surface area contributed by atoms with Gasteiger partial charge in [-0.05, 0) is 68.1 Å². The third-order valence-electron chi connectivity index (χ3n) is 5.22. The van der Waals surface area contributed by atoms with Crippen LogP contribution in [0.15, 0.2) is 18.2 Å². The van der Waals surface area contributed by atoms with Crippen LogP contribution in [0.4, 0.5) is 0 Å². The summed E-state index contributed by atoms with van der Waals surface area (Å²) in [5.41, 5.74) is 3.93. The van der Waals surface area contributed by atoms with E-state index in [0.29, 0.717) is 19.3 Å². The number of carboxylic acids is 1. The Kier molecular flexibility index (Phi) is 4.99. The summed E-state index contributed by atoms with van der Waals surface area (Å²) in [6, 6.07) is 6.58. The fourth-order valence-corrected chi connectivity index (χ4v) is 3.85. The molecule has 0 heterocycles. The van der Waals surface area contributed by atoms with Crippen molar-refractivity contribution < 1.29 is 14.7 Å². The summed E-state index contributed by atoms with van der Waals surface area (Å²) in [4.78, 5) is 23.2. The lowest BCUT2D eigenvalue weighted by molar-refractivity contribution is -0.142. The van der Waals surface area contributed by atoms with Crippen LogP contribution in [0.3, 0.4) is 0 Å². The minimum atomic E-state index is -0.705. The van der Waals surface area contributed by atoms with Gasteiger partial charge < -0.3 is 10.4 Å². The Labute approximate surface area is 137 Å². The molecule has 0 unspecified atom stereocenters. The number of rotatable bonds is 4. The molecule has 2 aliphatic carbocycles. The number of amides is 1. The molecule has 0 aromatic heterocycles. The Balaban J connectivity index is 1.51. The summed E-state index contributed by atoms with van der Waals surface area (Å²) in [6.07, 6.45) is 8.10. The lowest BCUT2D eigenvalue weighted by Gasteiger charge is -2.27. The lowest BCUT2D eigenvalue weighted by Crippen LogP contribution is -2.39. The van der Waals surface area contributed by atoms with E-state index in [4.69, 9.17) is 5.11 Å². The average Bonchev–Trinajstić information content (AvgIpc) is 2.55. The highest BCUT2D eigenvalue weighted by atomic mass is 16.4. The summed E-state index contributed by atoms with van der Waals surface area (Å²) in [6.45, 7) is 0. The molecule has 0 atom stereocenters. The van der Waals surface area contributed by atoms with Crippen molar-refractivity contribution in [2.75, 3.05) is 0 Å². The molecular formula is C19H25NO3. The maximum atomic E-state index is 12.2. The highest BCUT2D eigenvalue weighted by Gasteiger charge is 2.26. The molecule has 0 spiro atoms. The van der Waals surface area contributed by atoms with E-state index >= 15 is 0 Å². The highest BCUT2D eigenvalue weighted by Crippen LogP contribution is 2.25. The first kappa shape index (κ1) is 16.0. The molecule has 2 N–H and O–H groups in total. The Morgan fingerprint density at radius 3 is 2.43 bits per heavy atom. The van der Waals surface area contributed by atoms with Crippen LogP contribution >= 0.6 is 0 Å². The van der Waals surface area contributed by atoms with Gasteiger partial charge in [-0.2, -0.15) is 0 Å². The van der Waals surface area contributed by atoms with E-state index in [1.807, 2.05) is 0 Å². The van der Waals surface area contributed by atoms with Gasteiger partial charge in [0.1, 0.15) is 0 Å². The second kappa shape index (κ2) is 7.16. The van der Waals surface area contributed by atoms with Crippen molar-refractivity contribution in [3.8, 4) is 0 Å². The standard InChI is InChI=1S/C19H25NO3/c21-18(20-17-9-7-15(8-10-17)19(22)23)12-13-5-6-14-3-1-2-4-16(14)11-13/h5-6,11,15,17H,1-4,7-10,12H2,(H,20,21)(H,22,23). The minimum absolute atomic E-state index is 0.0551. The largest absolute Gasteiger partial charge is 0.481 e. The molecule has 0 saturated heterocycles. The zero-order valence-corrected chi connectivity index (χ0v) is 13.5. The Bertz CT molecular complexity index is 588. The van der Waals surface area contributed by atoms with E-state index in [2.05, 4.69) is 23.5 Å². The molecule has 4 heteroatoms. The van der Waals surface area contributed by atoms with Crippen LogP contribution in [0.25, 0.3) is 0 Å². The van der Waals surface area contributed by atoms with Crippen LogP contribution in [-0.2, 0) is 28.9 Å². The van der Waals surface area contributed by atoms with Crippen molar-refractivity contribution >= 4 is 11.9 Å². The van der Waals surface area contributed by atoms with Crippen molar-refractivity contribution in [2.45, 2.75) is 63.8 Å². The van der Waals surface area contributed by atoms with Gasteiger partial charge in [0.25, 0.3) is 0 Å². The van der Waals surface area contributed by atoms with Gasteiger partial charge in [0.05, 0.1) is 12.3 Å². The fraction of sp³-hybridized carbons (Fsp3) is 0.579. The third kappa shape index (κ3) is 4.12. The SMILES string of the molecule is O=C(Cc1ccc2c(c1)CCCC2)NC1CCC(C(=O)O)CC1. The van der Waals surface area contributed by atoms with E-state index < -0.39 is 5.97 Å². The zero-order valence-electron chi connectivity index (χ0n) is 13.5. The first-order valence-corrected chi connectivity index (χ1v) is 8.74. The Morgan fingerprint density at radius 1 is 1.04 bits per heavy atom. The Hall–Kier alpha value is -1.84. The molecule has 1 aromatic rings. The predicted molar refractivity (Wildman–Crippen MR) is 88.3 cm³/mol. The van der Waals surface area contributed by atoms with Crippen LogP contribution < -0.4 is 5.32 Å². The molecule has 3 rings (SSSR count). The number of aliphatic carboxylic acids is 1. The second-order valence-electron chi connectivity index (χ2n) is 6.94. The molecule has 23 heavy (non-hydrogen) atoms. The molecule has 1 aromatic carbocycles. The molecule has 0 aliphatic heterocycles. The van der Waals surface area contributed by atoms with E-state index in [1.54, 1.807) is 0 Å². The summed E-state index contributed by atoms with van der Waals surface area (Å²) in [5.74, 6) is -0.882. The van der Waals surface area contributed by atoms with Crippen LogP contribution in [-0.4, -0.2) is 23.0 Å². The van der Waals surface area contributed by atoms with Crippen LogP contribution in [0.1, 0.15) is 55.2 Å². The molecule has 1 fully saturated rings.